The Kier molecular flexibility index (Phi) is 8.97. The summed E-state index contributed by atoms with van der Waals surface area (Å²) in [5.74, 6) is -1.11. The second kappa shape index (κ2) is 9.68. The number of carbonyl (C=O) groups excluding carboxylic acids is 1. The van der Waals surface area contributed by atoms with E-state index in [0.717, 1.165) is 25.8 Å². The van der Waals surface area contributed by atoms with Gasteiger partial charge < -0.3 is 9.90 Å². The van der Waals surface area contributed by atoms with Crippen molar-refractivity contribution in [2.45, 2.75) is 53.0 Å². The Labute approximate surface area is 110 Å². The zero-order valence-corrected chi connectivity index (χ0v) is 12.1. The Morgan fingerprint density at radius 2 is 2.06 bits per heavy atom. The predicted molar refractivity (Wildman–Crippen MR) is 69.6 cm³/mol. The van der Waals surface area contributed by atoms with Crippen molar-refractivity contribution in [3.05, 3.63) is 18.7 Å². The molecule has 1 atom stereocenters. The van der Waals surface area contributed by atoms with Gasteiger partial charge in [0.25, 0.3) is 0 Å². The van der Waals surface area contributed by atoms with Gasteiger partial charge in [0.05, 0.1) is 13.6 Å². The highest BCUT2D eigenvalue weighted by molar-refractivity contribution is 5.67. The molecule has 0 saturated heterocycles. The fourth-order valence-electron chi connectivity index (χ4n) is 1.63. The van der Waals surface area contributed by atoms with Crippen molar-refractivity contribution in [2.24, 2.45) is 13.0 Å². The van der Waals surface area contributed by atoms with Gasteiger partial charge in [0, 0.05) is 5.97 Å². The van der Waals surface area contributed by atoms with Crippen molar-refractivity contribution in [1.29, 1.82) is 0 Å². The van der Waals surface area contributed by atoms with E-state index in [0.29, 0.717) is 6.42 Å². The number of nitrogens with zero attached hydrogens (tertiary/aromatic N) is 2. The van der Waals surface area contributed by atoms with Crippen LogP contribution in [-0.2, 0) is 18.4 Å². The third-order valence-electron chi connectivity index (χ3n) is 2.92. The summed E-state index contributed by atoms with van der Waals surface area (Å²) in [7, 11) is 2.02. The molecule has 0 saturated carbocycles. The Morgan fingerprint density at radius 1 is 1.39 bits per heavy atom. The minimum absolute atomic E-state index is 0.222. The molecule has 0 radical (unpaired) electrons. The van der Waals surface area contributed by atoms with Crippen LogP contribution in [0.15, 0.2) is 18.7 Å². The maximum atomic E-state index is 10.3. The standard InChI is InChI=1S/C8H16O2.C6H11N2/c1-3-5-6-7(4-2)8(9)10;1-3-8-5-4-7(2)6-8/h7H,3-6H2,1-2H3,(H,9,10);4-6H,3H2,1-2H3/q;+1/p-1. The van der Waals surface area contributed by atoms with Crippen LogP contribution in [-0.4, -0.2) is 10.5 Å². The van der Waals surface area contributed by atoms with Crippen LogP contribution in [0.5, 0.6) is 0 Å². The lowest BCUT2D eigenvalue weighted by molar-refractivity contribution is -0.693. The summed E-state index contributed by atoms with van der Waals surface area (Å²) in [6, 6.07) is 0. The van der Waals surface area contributed by atoms with Crippen molar-refractivity contribution in [3.8, 4) is 0 Å². The van der Waals surface area contributed by atoms with Gasteiger partial charge in [-0.2, -0.15) is 0 Å². The monoisotopic (exact) mass is 254 g/mol. The van der Waals surface area contributed by atoms with E-state index in [1.807, 2.05) is 24.7 Å². The Hall–Kier alpha value is -1.32. The Balaban J connectivity index is 0.000000327. The highest BCUT2D eigenvalue weighted by Crippen LogP contribution is 2.10. The first kappa shape index (κ1) is 16.7. The number of aliphatic carboxylic acids is 1. The van der Waals surface area contributed by atoms with Crippen LogP contribution in [0.3, 0.4) is 0 Å². The van der Waals surface area contributed by atoms with Gasteiger partial charge in [-0.25, -0.2) is 9.13 Å². The largest absolute Gasteiger partial charge is 0.550 e. The number of carboxylic acids is 1. The molecular formula is C14H26N2O2. The Morgan fingerprint density at radius 3 is 2.33 bits per heavy atom. The Bertz CT molecular complexity index is 334. The number of rotatable bonds is 6. The second-order valence-corrected chi connectivity index (χ2v) is 4.48. The average Bonchev–Trinajstić information content (AvgIpc) is 2.76. The molecule has 0 amide bonds. The van der Waals surface area contributed by atoms with E-state index in [1.54, 1.807) is 0 Å². The molecule has 0 aromatic carbocycles. The van der Waals surface area contributed by atoms with Crippen molar-refractivity contribution >= 4 is 5.97 Å². The molecule has 1 rings (SSSR count). The van der Waals surface area contributed by atoms with Gasteiger partial charge in [-0.1, -0.05) is 26.7 Å². The summed E-state index contributed by atoms with van der Waals surface area (Å²) in [6.07, 6.45) is 9.66. The highest BCUT2D eigenvalue weighted by Gasteiger charge is 2.04. The van der Waals surface area contributed by atoms with Gasteiger partial charge in [0.1, 0.15) is 12.4 Å². The van der Waals surface area contributed by atoms with Crippen LogP contribution in [0.25, 0.3) is 0 Å². The molecule has 18 heavy (non-hydrogen) atoms. The van der Waals surface area contributed by atoms with E-state index < -0.39 is 5.97 Å². The summed E-state index contributed by atoms with van der Waals surface area (Å²) in [5, 5.41) is 10.3. The quantitative estimate of drug-likeness (QED) is 0.718. The summed E-state index contributed by atoms with van der Waals surface area (Å²) in [5.41, 5.74) is 0. The SMILES string of the molecule is CCCCC(CC)C(=O)[O-].CC[n+]1ccn(C)c1. The number of hydrogen-bond acceptors (Lipinski definition) is 2. The second-order valence-electron chi connectivity index (χ2n) is 4.48. The lowest BCUT2D eigenvalue weighted by atomic mass is 10.00. The fourth-order valence-corrected chi connectivity index (χ4v) is 1.63. The van der Waals surface area contributed by atoms with E-state index >= 15 is 0 Å². The maximum absolute atomic E-state index is 10.3. The summed E-state index contributed by atoms with van der Waals surface area (Å²) in [4.78, 5) is 10.3. The number of unbranched alkanes of at least 4 members (excludes halogenated alkanes) is 1. The molecule has 0 aliphatic rings. The topological polar surface area (TPSA) is 48.9 Å². The van der Waals surface area contributed by atoms with E-state index in [9.17, 15) is 9.90 Å². The smallest absolute Gasteiger partial charge is 0.243 e. The molecule has 0 aliphatic carbocycles. The molecule has 1 aromatic rings. The molecule has 0 N–H and O–H groups in total. The van der Waals surface area contributed by atoms with E-state index in [4.69, 9.17) is 0 Å². The third kappa shape index (κ3) is 7.09. The number of hydrogen-bond donors (Lipinski definition) is 0. The van der Waals surface area contributed by atoms with Crippen LogP contribution in [0, 0.1) is 5.92 Å². The summed E-state index contributed by atoms with van der Waals surface area (Å²) >= 11 is 0. The number of carbonyl (C=O) groups is 1. The minimum atomic E-state index is -0.893. The lowest BCUT2D eigenvalue weighted by Gasteiger charge is -2.14. The highest BCUT2D eigenvalue weighted by atomic mass is 16.4. The van der Waals surface area contributed by atoms with E-state index in [-0.39, 0.29) is 5.92 Å². The van der Waals surface area contributed by atoms with Gasteiger partial charge in [0.15, 0.2) is 0 Å². The molecule has 1 aromatic heterocycles. The molecule has 4 heteroatoms. The van der Waals surface area contributed by atoms with E-state index in [1.165, 1.54) is 0 Å². The van der Waals surface area contributed by atoms with Crippen LogP contribution in [0.4, 0.5) is 0 Å². The van der Waals surface area contributed by atoms with Gasteiger partial charge in [0.2, 0.25) is 6.33 Å². The number of aromatic nitrogens is 2. The molecule has 104 valence electrons. The average molecular weight is 254 g/mol. The maximum Gasteiger partial charge on any atom is 0.243 e. The van der Waals surface area contributed by atoms with Gasteiger partial charge in [-0.05, 0) is 25.7 Å². The first-order valence-corrected chi connectivity index (χ1v) is 6.76. The van der Waals surface area contributed by atoms with Crippen molar-refractivity contribution in [3.63, 3.8) is 0 Å². The molecule has 1 unspecified atom stereocenters. The van der Waals surface area contributed by atoms with Crippen LogP contribution >= 0.6 is 0 Å². The molecule has 0 spiro atoms. The van der Waals surface area contributed by atoms with Crippen molar-refractivity contribution in [2.75, 3.05) is 0 Å². The molecule has 0 aliphatic heterocycles. The zero-order chi connectivity index (χ0) is 14.0. The van der Waals surface area contributed by atoms with Gasteiger partial charge in [-0.3, -0.25) is 0 Å². The van der Waals surface area contributed by atoms with Crippen LogP contribution in [0.2, 0.25) is 0 Å². The lowest BCUT2D eigenvalue weighted by Crippen LogP contribution is -2.30. The van der Waals surface area contributed by atoms with Crippen LogP contribution in [0.1, 0.15) is 46.5 Å². The summed E-state index contributed by atoms with van der Waals surface area (Å²) in [6.45, 7) is 7.12. The first-order valence-electron chi connectivity index (χ1n) is 6.76. The molecule has 0 fully saturated rings. The minimum Gasteiger partial charge on any atom is -0.550 e. The normalized spacial score (nSPS) is 11.6. The molecule has 0 bridgehead atoms. The van der Waals surface area contributed by atoms with E-state index in [2.05, 4.69) is 30.9 Å². The number of imidazole rings is 1. The third-order valence-corrected chi connectivity index (χ3v) is 2.92. The molecule has 1 heterocycles. The first-order chi connectivity index (χ1) is 8.54. The number of carboxylic acid groups (broad SMARTS) is 1. The van der Waals surface area contributed by atoms with Crippen molar-refractivity contribution in [1.82, 2.24) is 4.57 Å². The fraction of sp³-hybridized carbons (Fsp3) is 0.714. The molecular weight excluding hydrogens is 228 g/mol. The van der Waals surface area contributed by atoms with Gasteiger partial charge in [-0.15, -0.1) is 0 Å². The number of aryl methyl sites for hydroxylation is 2. The summed E-state index contributed by atoms with van der Waals surface area (Å²) < 4.78 is 4.16. The molecule has 4 nitrogen and oxygen atoms in total. The predicted octanol–water partition coefficient (Wildman–Crippen LogP) is 1.29. The van der Waals surface area contributed by atoms with Crippen LogP contribution < -0.4 is 9.67 Å². The zero-order valence-electron chi connectivity index (χ0n) is 12.1. The van der Waals surface area contributed by atoms with Crippen molar-refractivity contribution < 1.29 is 14.5 Å². The van der Waals surface area contributed by atoms with Gasteiger partial charge >= 0.3 is 0 Å².